The third kappa shape index (κ3) is 5.45. The molecule has 0 amide bonds. The van der Waals surface area contributed by atoms with E-state index in [1.54, 1.807) is 7.11 Å². The van der Waals surface area contributed by atoms with Crippen LogP contribution in [0.1, 0.15) is 18.9 Å². The van der Waals surface area contributed by atoms with Gasteiger partial charge < -0.3 is 14.8 Å². The van der Waals surface area contributed by atoms with E-state index in [9.17, 15) is 4.79 Å². The summed E-state index contributed by atoms with van der Waals surface area (Å²) in [6.45, 7) is 3.46. The zero-order valence-electron chi connectivity index (χ0n) is 12.4. The van der Waals surface area contributed by atoms with Gasteiger partial charge in [0.25, 0.3) is 0 Å². The fraction of sp³-hybridized carbons (Fsp3) is 0.438. The van der Waals surface area contributed by atoms with Crippen molar-refractivity contribution in [3.63, 3.8) is 0 Å². The first-order valence-corrected chi connectivity index (χ1v) is 6.82. The number of nitrogens with one attached hydrogen (secondary N) is 1. The molecule has 110 valence electrons. The van der Waals surface area contributed by atoms with E-state index in [0.29, 0.717) is 18.5 Å². The monoisotopic (exact) mass is 277 g/mol. The second-order valence-corrected chi connectivity index (χ2v) is 4.38. The molecule has 0 aromatic heterocycles. The minimum atomic E-state index is -0.248. The molecule has 0 heterocycles. The number of carbonyl (C=O) groups excluding carboxylic acids is 1. The quantitative estimate of drug-likeness (QED) is 0.450. The Balaban J connectivity index is 2.34. The zero-order chi connectivity index (χ0) is 14.8. The summed E-state index contributed by atoms with van der Waals surface area (Å²) >= 11 is 0. The highest BCUT2D eigenvalue weighted by atomic mass is 16.5. The molecule has 0 bridgehead atoms. The van der Waals surface area contributed by atoms with Crippen molar-refractivity contribution >= 4 is 5.97 Å². The van der Waals surface area contributed by atoms with Gasteiger partial charge in [0.05, 0.1) is 14.2 Å². The minimum Gasteiger partial charge on any atom is -0.497 e. The van der Waals surface area contributed by atoms with Gasteiger partial charge in [-0.1, -0.05) is 25.1 Å². The Morgan fingerprint density at radius 2 is 2.15 bits per heavy atom. The first-order valence-electron chi connectivity index (χ1n) is 6.82. The molecule has 0 spiro atoms. The number of ether oxygens (including phenoxy) is 2. The lowest BCUT2D eigenvalue weighted by atomic mass is 10.1. The summed E-state index contributed by atoms with van der Waals surface area (Å²) in [5.74, 6) is 0.628. The van der Waals surface area contributed by atoms with E-state index in [1.807, 2.05) is 31.2 Å². The van der Waals surface area contributed by atoms with Gasteiger partial charge in [-0.2, -0.15) is 0 Å². The lowest BCUT2D eigenvalue weighted by molar-refractivity contribution is -0.136. The van der Waals surface area contributed by atoms with Gasteiger partial charge in [-0.05, 0) is 37.1 Å². The largest absolute Gasteiger partial charge is 0.497 e. The number of rotatable bonds is 8. The second-order valence-electron chi connectivity index (χ2n) is 4.38. The Labute approximate surface area is 120 Å². The maximum atomic E-state index is 11.4. The molecular formula is C16H23NO3. The number of methoxy groups -OCH3 is 2. The van der Waals surface area contributed by atoms with Crippen LogP contribution in [-0.2, 0) is 16.0 Å². The highest BCUT2D eigenvalue weighted by Gasteiger charge is 2.05. The van der Waals surface area contributed by atoms with Crippen LogP contribution in [0.25, 0.3) is 0 Å². The maximum absolute atomic E-state index is 11.4. The van der Waals surface area contributed by atoms with Crippen LogP contribution in [0.4, 0.5) is 0 Å². The van der Waals surface area contributed by atoms with Gasteiger partial charge in [0.2, 0.25) is 0 Å². The smallest absolute Gasteiger partial charge is 0.333 e. The molecule has 1 N–H and O–H groups in total. The van der Waals surface area contributed by atoms with E-state index >= 15 is 0 Å². The molecule has 0 radical (unpaired) electrons. The molecule has 0 aliphatic rings. The summed E-state index contributed by atoms with van der Waals surface area (Å²) in [5.41, 5.74) is 1.94. The van der Waals surface area contributed by atoms with Gasteiger partial charge in [0.15, 0.2) is 0 Å². The Morgan fingerprint density at radius 1 is 1.35 bits per heavy atom. The highest BCUT2D eigenvalue weighted by Crippen LogP contribution is 2.12. The summed E-state index contributed by atoms with van der Waals surface area (Å²) in [4.78, 5) is 11.4. The van der Waals surface area contributed by atoms with Gasteiger partial charge >= 0.3 is 5.97 Å². The van der Waals surface area contributed by atoms with E-state index in [-0.39, 0.29) is 5.97 Å². The topological polar surface area (TPSA) is 47.6 Å². The molecule has 20 heavy (non-hydrogen) atoms. The molecule has 0 unspecified atom stereocenters. The molecule has 0 aliphatic heterocycles. The number of benzene rings is 1. The summed E-state index contributed by atoms with van der Waals surface area (Å²) in [7, 11) is 3.07. The lowest BCUT2D eigenvalue weighted by Gasteiger charge is -2.06. The standard InChI is InChI=1S/C16H23NO3/c1-4-14(16(18)20-3)9-11-17-10-8-13-6-5-7-15(12-13)19-2/h5-7,9,12,17H,4,8,10-11H2,1-3H3/b14-9-. The minimum absolute atomic E-state index is 0.248. The van der Waals surface area contributed by atoms with Crippen molar-refractivity contribution in [1.82, 2.24) is 5.32 Å². The van der Waals surface area contributed by atoms with Crippen molar-refractivity contribution in [3.05, 3.63) is 41.5 Å². The van der Waals surface area contributed by atoms with Crippen molar-refractivity contribution in [2.45, 2.75) is 19.8 Å². The summed E-state index contributed by atoms with van der Waals surface area (Å²) in [6.07, 6.45) is 3.49. The van der Waals surface area contributed by atoms with Crippen molar-refractivity contribution in [2.75, 3.05) is 27.3 Å². The van der Waals surface area contributed by atoms with Crippen molar-refractivity contribution in [1.29, 1.82) is 0 Å². The molecule has 1 aromatic rings. The number of hydrogen-bond donors (Lipinski definition) is 1. The average Bonchev–Trinajstić information content (AvgIpc) is 2.50. The number of hydrogen-bond acceptors (Lipinski definition) is 4. The molecule has 4 nitrogen and oxygen atoms in total. The Kier molecular flexibility index (Phi) is 7.43. The van der Waals surface area contributed by atoms with E-state index < -0.39 is 0 Å². The van der Waals surface area contributed by atoms with E-state index in [0.717, 1.165) is 18.7 Å². The maximum Gasteiger partial charge on any atom is 0.333 e. The van der Waals surface area contributed by atoms with Crippen LogP contribution >= 0.6 is 0 Å². The predicted octanol–water partition coefficient (Wildman–Crippen LogP) is 2.34. The fourth-order valence-corrected chi connectivity index (χ4v) is 1.86. The molecule has 0 saturated heterocycles. The Morgan fingerprint density at radius 3 is 2.80 bits per heavy atom. The summed E-state index contributed by atoms with van der Waals surface area (Å²) in [5, 5.41) is 3.29. The van der Waals surface area contributed by atoms with Crippen LogP contribution in [0.3, 0.4) is 0 Å². The summed E-state index contributed by atoms with van der Waals surface area (Å²) in [6, 6.07) is 8.03. The van der Waals surface area contributed by atoms with E-state index in [4.69, 9.17) is 9.47 Å². The predicted molar refractivity (Wildman–Crippen MR) is 80.0 cm³/mol. The van der Waals surface area contributed by atoms with Crippen LogP contribution in [0, 0.1) is 0 Å². The Hall–Kier alpha value is -1.81. The first-order chi connectivity index (χ1) is 9.71. The molecule has 4 heteroatoms. The SMILES string of the molecule is CC/C(=C/CNCCc1cccc(OC)c1)C(=O)OC. The summed E-state index contributed by atoms with van der Waals surface area (Å²) < 4.78 is 9.89. The highest BCUT2D eigenvalue weighted by molar-refractivity contribution is 5.88. The molecule has 1 aromatic carbocycles. The van der Waals surface area contributed by atoms with Crippen LogP contribution in [0.5, 0.6) is 5.75 Å². The molecule has 0 aliphatic carbocycles. The van der Waals surface area contributed by atoms with Gasteiger partial charge in [-0.3, -0.25) is 0 Å². The fourth-order valence-electron chi connectivity index (χ4n) is 1.86. The van der Waals surface area contributed by atoms with Crippen LogP contribution in [0.15, 0.2) is 35.9 Å². The van der Waals surface area contributed by atoms with Crippen molar-refractivity contribution < 1.29 is 14.3 Å². The average molecular weight is 277 g/mol. The molecule has 1 rings (SSSR count). The van der Waals surface area contributed by atoms with Crippen molar-refractivity contribution in [3.8, 4) is 5.75 Å². The van der Waals surface area contributed by atoms with Crippen LogP contribution < -0.4 is 10.1 Å². The molecule has 0 saturated carbocycles. The number of esters is 1. The third-order valence-corrected chi connectivity index (χ3v) is 3.05. The second kappa shape index (κ2) is 9.15. The van der Waals surface area contributed by atoms with Gasteiger partial charge in [0.1, 0.15) is 5.75 Å². The van der Waals surface area contributed by atoms with Gasteiger partial charge in [-0.25, -0.2) is 4.79 Å². The van der Waals surface area contributed by atoms with Crippen LogP contribution in [-0.4, -0.2) is 33.3 Å². The zero-order valence-corrected chi connectivity index (χ0v) is 12.4. The lowest BCUT2D eigenvalue weighted by Crippen LogP contribution is -2.18. The van der Waals surface area contributed by atoms with Gasteiger partial charge in [0, 0.05) is 12.1 Å². The van der Waals surface area contributed by atoms with Crippen molar-refractivity contribution in [2.24, 2.45) is 0 Å². The molecule has 0 atom stereocenters. The van der Waals surface area contributed by atoms with Gasteiger partial charge in [-0.15, -0.1) is 0 Å². The Bertz CT molecular complexity index is 455. The van der Waals surface area contributed by atoms with E-state index in [2.05, 4.69) is 11.4 Å². The molecule has 0 fully saturated rings. The van der Waals surface area contributed by atoms with Crippen LogP contribution in [0.2, 0.25) is 0 Å². The first kappa shape index (κ1) is 16.2. The van der Waals surface area contributed by atoms with E-state index in [1.165, 1.54) is 12.7 Å². The number of carbonyl (C=O) groups is 1. The molecular weight excluding hydrogens is 254 g/mol. The third-order valence-electron chi connectivity index (χ3n) is 3.05. The normalized spacial score (nSPS) is 11.2.